The summed E-state index contributed by atoms with van der Waals surface area (Å²) in [6.45, 7) is 7.47. The SMILES string of the molecule is CC(=O)Nc1ccc(NC(=O)N2CCN(CC(=O)N3CCCCC3C)CC2)cc1. The number of hydrogen-bond acceptors (Lipinski definition) is 4. The molecule has 158 valence electrons. The Morgan fingerprint density at radius 3 is 2.14 bits per heavy atom. The third-order valence-electron chi connectivity index (χ3n) is 5.60. The van der Waals surface area contributed by atoms with Crippen molar-refractivity contribution in [1.29, 1.82) is 0 Å². The molecule has 8 heteroatoms. The third-order valence-corrected chi connectivity index (χ3v) is 5.60. The van der Waals surface area contributed by atoms with E-state index in [1.165, 1.54) is 13.3 Å². The lowest BCUT2D eigenvalue weighted by Crippen LogP contribution is -2.53. The Hall–Kier alpha value is -2.61. The zero-order valence-electron chi connectivity index (χ0n) is 17.3. The molecular weight excluding hydrogens is 370 g/mol. The minimum atomic E-state index is -0.145. The van der Waals surface area contributed by atoms with Crippen molar-refractivity contribution in [2.45, 2.75) is 39.2 Å². The van der Waals surface area contributed by atoms with Gasteiger partial charge in [0.2, 0.25) is 11.8 Å². The van der Waals surface area contributed by atoms with Crippen LogP contribution in [0.4, 0.5) is 16.2 Å². The average Bonchev–Trinajstić information content (AvgIpc) is 2.70. The standard InChI is InChI=1S/C21H31N5O3/c1-16-5-3-4-10-26(16)20(28)15-24-11-13-25(14-12-24)21(29)23-19-8-6-18(7-9-19)22-17(2)27/h6-9,16H,3-5,10-15H2,1-2H3,(H,22,27)(H,23,29). The topological polar surface area (TPSA) is 85.0 Å². The van der Waals surface area contributed by atoms with Crippen LogP contribution in [0.5, 0.6) is 0 Å². The molecule has 0 radical (unpaired) electrons. The molecular formula is C21H31N5O3. The minimum absolute atomic E-state index is 0.132. The maximum atomic E-state index is 12.6. The first-order valence-corrected chi connectivity index (χ1v) is 10.4. The number of piperazine rings is 1. The van der Waals surface area contributed by atoms with Crippen molar-refractivity contribution in [3.63, 3.8) is 0 Å². The number of nitrogens with zero attached hydrogens (tertiary/aromatic N) is 3. The van der Waals surface area contributed by atoms with Gasteiger partial charge >= 0.3 is 6.03 Å². The largest absolute Gasteiger partial charge is 0.339 e. The summed E-state index contributed by atoms with van der Waals surface area (Å²) in [5.41, 5.74) is 1.37. The van der Waals surface area contributed by atoms with E-state index < -0.39 is 0 Å². The van der Waals surface area contributed by atoms with E-state index >= 15 is 0 Å². The summed E-state index contributed by atoms with van der Waals surface area (Å²) >= 11 is 0. The lowest BCUT2D eigenvalue weighted by atomic mass is 10.0. The number of rotatable bonds is 4. The van der Waals surface area contributed by atoms with Gasteiger partial charge in [-0.15, -0.1) is 0 Å². The van der Waals surface area contributed by atoms with Gasteiger partial charge in [-0.2, -0.15) is 0 Å². The molecule has 29 heavy (non-hydrogen) atoms. The summed E-state index contributed by atoms with van der Waals surface area (Å²) < 4.78 is 0. The number of carbonyl (C=O) groups is 3. The van der Waals surface area contributed by atoms with Gasteiger partial charge in [0.15, 0.2) is 0 Å². The van der Waals surface area contributed by atoms with Gasteiger partial charge in [-0.1, -0.05) is 0 Å². The molecule has 3 rings (SSSR count). The molecule has 0 spiro atoms. The third kappa shape index (κ3) is 5.93. The Bertz CT molecular complexity index is 728. The van der Waals surface area contributed by atoms with Crippen molar-refractivity contribution in [1.82, 2.24) is 14.7 Å². The van der Waals surface area contributed by atoms with Crippen LogP contribution in [0.2, 0.25) is 0 Å². The molecule has 2 heterocycles. The molecule has 1 unspecified atom stereocenters. The van der Waals surface area contributed by atoms with Crippen molar-refractivity contribution >= 4 is 29.2 Å². The van der Waals surface area contributed by atoms with E-state index in [4.69, 9.17) is 0 Å². The molecule has 2 saturated heterocycles. The Kier molecular flexibility index (Phi) is 7.09. The van der Waals surface area contributed by atoms with Gasteiger partial charge in [0.1, 0.15) is 0 Å². The monoisotopic (exact) mass is 401 g/mol. The van der Waals surface area contributed by atoms with Crippen molar-refractivity contribution in [3.05, 3.63) is 24.3 Å². The van der Waals surface area contributed by atoms with Gasteiger partial charge in [-0.3, -0.25) is 14.5 Å². The average molecular weight is 402 g/mol. The molecule has 2 aliphatic rings. The Balaban J connectivity index is 1.43. The zero-order chi connectivity index (χ0) is 20.8. The first-order valence-electron chi connectivity index (χ1n) is 10.4. The number of carbonyl (C=O) groups excluding carboxylic acids is 3. The van der Waals surface area contributed by atoms with Crippen molar-refractivity contribution in [2.75, 3.05) is 49.9 Å². The fraction of sp³-hybridized carbons (Fsp3) is 0.571. The number of amides is 4. The lowest BCUT2D eigenvalue weighted by Gasteiger charge is -2.38. The molecule has 0 aromatic heterocycles. The van der Waals surface area contributed by atoms with E-state index in [9.17, 15) is 14.4 Å². The van der Waals surface area contributed by atoms with E-state index in [0.29, 0.717) is 50.1 Å². The van der Waals surface area contributed by atoms with E-state index in [1.54, 1.807) is 29.2 Å². The molecule has 4 amide bonds. The number of piperidine rings is 1. The van der Waals surface area contributed by atoms with E-state index in [2.05, 4.69) is 22.5 Å². The van der Waals surface area contributed by atoms with Crippen LogP contribution in [-0.2, 0) is 9.59 Å². The normalized spacial score (nSPS) is 20.3. The molecule has 2 aliphatic heterocycles. The summed E-state index contributed by atoms with van der Waals surface area (Å²) in [6.07, 6.45) is 3.38. The molecule has 1 aromatic carbocycles. The second kappa shape index (κ2) is 9.73. The first-order chi connectivity index (χ1) is 13.9. The predicted octanol–water partition coefficient (Wildman–Crippen LogP) is 2.20. The summed E-state index contributed by atoms with van der Waals surface area (Å²) in [5.74, 6) is 0.0715. The molecule has 1 atom stereocenters. The van der Waals surface area contributed by atoms with Crippen molar-refractivity contribution in [2.24, 2.45) is 0 Å². The van der Waals surface area contributed by atoms with Crippen LogP contribution in [0.15, 0.2) is 24.3 Å². The van der Waals surface area contributed by atoms with Crippen LogP contribution in [0.3, 0.4) is 0 Å². The summed E-state index contributed by atoms with van der Waals surface area (Å²) in [5, 5.41) is 5.58. The van der Waals surface area contributed by atoms with Crippen LogP contribution < -0.4 is 10.6 Å². The van der Waals surface area contributed by atoms with Gasteiger partial charge in [0.05, 0.1) is 6.54 Å². The molecule has 2 fully saturated rings. The lowest BCUT2D eigenvalue weighted by molar-refractivity contribution is -0.136. The van der Waals surface area contributed by atoms with Crippen LogP contribution in [0.25, 0.3) is 0 Å². The van der Waals surface area contributed by atoms with E-state index in [0.717, 1.165) is 19.4 Å². The quantitative estimate of drug-likeness (QED) is 0.810. The maximum Gasteiger partial charge on any atom is 0.321 e. The highest BCUT2D eigenvalue weighted by molar-refractivity contribution is 5.91. The number of likely N-dealkylation sites (tertiary alicyclic amines) is 1. The summed E-state index contributed by atoms with van der Waals surface area (Å²) in [4.78, 5) is 42.1. The molecule has 8 nitrogen and oxygen atoms in total. The van der Waals surface area contributed by atoms with Gasteiger partial charge in [-0.05, 0) is 50.5 Å². The summed E-state index contributed by atoms with van der Waals surface area (Å²) in [6, 6.07) is 7.22. The zero-order valence-corrected chi connectivity index (χ0v) is 17.3. The van der Waals surface area contributed by atoms with E-state index in [1.807, 2.05) is 4.90 Å². The maximum absolute atomic E-state index is 12.6. The fourth-order valence-electron chi connectivity index (χ4n) is 3.90. The van der Waals surface area contributed by atoms with Crippen LogP contribution in [0, 0.1) is 0 Å². The van der Waals surface area contributed by atoms with Crippen LogP contribution in [0.1, 0.15) is 33.1 Å². The Morgan fingerprint density at radius 2 is 1.55 bits per heavy atom. The highest BCUT2D eigenvalue weighted by atomic mass is 16.2. The number of urea groups is 1. The molecule has 2 N–H and O–H groups in total. The molecule has 0 aliphatic carbocycles. The van der Waals surface area contributed by atoms with Gasteiger partial charge in [0.25, 0.3) is 0 Å². The van der Waals surface area contributed by atoms with Gasteiger partial charge in [-0.25, -0.2) is 4.79 Å². The highest BCUT2D eigenvalue weighted by Gasteiger charge is 2.27. The fourth-order valence-corrected chi connectivity index (χ4v) is 3.90. The Morgan fingerprint density at radius 1 is 0.931 bits per heavy atom. The van der Waals surface area contributed by atoms with Crippen molar-refractivity contribution in [3.8, 4) is 0 Å². The first kappa shape index (κ1) is 21.1. The summed E-state index contributed by atoms with van der Waals surface area (Å²) in [7, 11) is 0. The Labute approximate surface area is 172 Å². The second-order valence-corrected chi connectivity index (χ2v) is 7.88. The van der Waals surface area contributed by atoms with Gasteiger partial charge in [0, 0.05) is 57.1 Å². The minimum Gasteiger partial charge on any atom is -0.339 e. The van der Waals surface area contributed by atoms with Crippen LogP contribution >= 0.6 is 0 Å². The van der Waals surface area contributed by atoms with Gasteiger partial charge < -0.3 is 20.4 Å². The molecule has 0 bridgehead atoms. The van der Waals surface area contributed by atoms with E-state index in [-0.39, 0.29) is 17.8 Å². The number of anilines is 2. The highest BCUT2D eigenvalue weighted by Crippen LogP contribution is 2.17. The molecule has 0 saturated carbocycles. The van der Waals surface area contributed by atoms with Crippen LogP contribution in [-0.4, -0.2) is 77.9 Å². The second-order valence-electron chi connectivity index (χ2n) is 7.88. The van der Waals surface area contributed by atoms with Crippen molar-refractivity contribution < 1.29 is 14.4 Å². The predicted molar refractivity (Wildman–Crippen MR) is 113 cm³/mol. The number of hydrogen-bond donors (Lipinski definition) is 2. The smallest absolute Gasteiger partial charge is 0.321 e. The molecule has 1 aromatic rings. The number of benzene rings is 1. The number of nitrogens with one attached hydrogen (secondary N) is 2.